The summed E-state index contributed by atoms with van der Waals surface area (Å²) in [6, 6.07) is 6.15. The van der Waals surface area contributed by atoms with Crippen LogP contribution in [0, 0.1) is 5.92 Å². The number of hydrogen-bond acceptors (Lipinski definition) is 5. The van der Waals surface area contributed by atoms with Crippen LogP contribution in [0.4, 0.5) is 0 Å². The first-order valence-electron chi connectivity index (χ1n) is 10.1. The van der Waals surface area contributed by atoms with E-state index in [2.05, 4.69) is 25.4 Å². The number of amides is 2. The molecule has 0 radical (unpaired) electrons. The van der Waals surface area contributed by atoms with Crippen molar-refractivity contribution < 1.29 is 14.3 Å². The summed E-state index contributed by atoms with van der Waals surface area (Å²) < 4.78 is 7.22. The topological polar surface area (TPSA) is 98.1 Å². The van der Waals surface area contributed by atoms with E-state index in [-0.39, 0.29) is 17.7 Å². The Hall–Kier alpha value is -2.90. The van der Waals surface area contributed by atoms with E-state index in [1.54, 1.807) is 31.4 Å². The van der Waals surface area contributed by atoms with Gasteiger partial charge in [-0.15, -0.1) is 10.2 Å². The zero-order chi connectivity index (χ0) is 20.8. The van der Waals surface area contributed by atoms with Crippen LogP contribution in [0.15, 0.2) is 24.3 Å². The van der Waals surface area contributed by atoms with Crippen molar-refractivity contribution in [3.8, 4) is 5.75 Å². The van der Waals surface area contributed by atoms with Gasteiger partial charge in [0.25, 0.3) is 5.91 Å². The summed E-state index contributed by atoms with van der Waals surface area (Å²) in [5.74, 6) is 1.84. The molecule has 1 aromatic heterocycles. The van der Waals surface area contributed by atoms with Gasteiger partial charge >= 0.3 is 0 Å². The minimum Gasteiger partial charge on any atom is -0.497 e. The van der Waals surface area contributed by atoms with E-state index < -0.39 is 6.04 Å². The molecule has 2 heterocycles. The average Bonchev–Trinajstić information content (AvgIpc) is 2.95. The third-order valence-corrected chi connectivity index (χ3v) is 5.19. The molecule has 0 unspecified atom stereocenters. The molecule has 0 bridgehead atoms. The summed E-state index contributed by atoms with van der Waals surface area (Å²) >= 11 is 0. The van der Waals surface area contributed by atoms with Crippen molar-refractivity contribution in [2.75, 3.05) is 7.11 Å². The van der Waals surface area contributed by atoms with Gasteiger partial charge in [-0.1, -0.05) is 20.3 Å². The van der Waals surface area contributed by atoms with Crippen LogP contribution < -0.4 is 15.4 Å². The second kappa shape index (κ2) is 9.54. The molecule has 1 aromatic carbocycles. The van der Waals surface area contributed by atoms with Gasteiger partial charge in [-0.25, -0.2) is 0 Å². The molecule has 0 aliphatic carbocycles. The van der Waals surface area contributed by atoms with Gasteiger partial charge in [-0.3, -0.25) is 9.59 Å². The summed E-state index contributed by atoms with van der Waals surface area (Å²) in [6.45, 7) is 4.99. The van der Waals surface area contributed by atoms with E-state index in [1.807, 2.05) is 13.8 Å². The predicted octanol–water partition coefficient (Wildman–Crippen LogP) is 2.08. The van der Waals surface area contributed by atoms with Crippen LogP contribution in [-0.4, -0.2) is 39.7 Å². The van der Waals surface area contributed by atoms with Crippen LogP contribution in [0.5, 0.6) is 5.75 Å². The van der Waals surface area contributed by atoms with Crippen molar-refractivity contribution in [3.05, 3.63) is 41.5 Å². The van der Waals surface area contributed by atoms with Gasteiger partial charge in [-0.05, 0) is 43.0 Å². The van der Waals surface area contributed by atoms with Crippen molar-refractivity contribution in [3.63, 3.8) is 0 Å². The van der Waals surface area contributed by atoms with Gasteiger partial charge in [-0.2, -0.15) is 0 Å². The van der Waals surface area contributed by atoms with Gasteiger partial charge < -0.3 is 19.9 Å². The number of aromatic nitrogens is 3. The fourth-order valence-electron chi connectivity index (χ4n) is 3.45. The molecule has 0 fully saturated rings. The lowest BCUT2D eigenvalue weighted by Crippen LogP contribution is -2.49. The molecule has 0 spiro atoms. The average molecular weight is 399 g/mol. The highest BCUT2D eigenvalue weighted by atomic mass is 16.5. The first-order valence-corrected chi connectivity index (χ1v) is 10.1. The lowest BCUT2D eigenvalue weighted by molar-refractivity contribution is -0.124. The quantitative estimate of drug-likeness (QED) is 0.743. The molecule has 1 atom stereocenters. The second-order valence-electron chi connectivity index (χ2n) is 7.64. The van der Waals surface area contributed by atoms with Gasteiger partial charge in [0, 0.05) is 18.5 Å². The Morgan fingerprint density at radius 1 is 1.14 bits per heavy atom. The van der Waals surface area contributed by atoms with Gasteiger partial charge in [0.15, 0.2) is 5.82 Å². The molecule has 2 aromatic rings. The lowest BCUT2D eigenvalue weighted by Gasteiger charge is -2.22. The SMILES string of the molecule is COc1ccc(C(=O)N[C@H](C(=O)NCc2nnc3n2CCCCC3)C(C)C)cc1. The first-order chi connectivity index (χ1) is 14.0. The number of aryl methyl sites for hydroxylation is 1. The fraction of sp³-hybridized carbons (Fsp3) is 0.524. The number of nitrogens with one attached hydrogen (secondary N) is 2. The number of hydrogen-bond donors (Lipinski definition) is 2. The number of methoxy groups -OCH3 is 1. The molecular formula is C21H29N5O3. The lowest BCUT2D eigenvalue weighted by atomic mass is 10.0. The van der Waals surface area contributed by atoms with Crippen LogP contribution in [0.3, 0.4) is 0 Å². The molecule has 29 heavy (non-hydrogen) atoms. The van der Waals surface area contributed by atoms with Crippen molar-refractivity contribution in [1.29, 1.82) is 0 Å². The maximum absolute atomic E-state index is 12.8. The smallest absolute Gasteiger partial charge is 0.251 e. The maximum Gasteiger partial charge on any atom is 0.251 e. The van der Waals surface area contributed by atoms with Crippen molar-refractivity contribution in [2.45, 2.75) is 58.7 Å². The monoisotopic (exact) mass is 399 g/mol. The van der Waals surface area contributed by atoms with E-state index in [0.717, 1.165) is 37.5 Å². The molecule has 8 heteroatoms. The Labute approximate surface area is 171 Å². The summed E-state index contributed by atoms with van der Waals surface area (Å²) in [4.78, 5) is 25.3. The molecule has 8 nitrogen and oxygen atoms in total. The largest absolute Gasteiger partial charge is 0.497 e. The highest BCUT2D eigenvalue weighted by Crippen LogP contribution is 2.15. The number of benzene rings is 1. The van der Waals surface area contributed by atoms with Crippen LogP contribution in [0.2, 0.25) is 0 Å². The Bertz CT molecular complexity index is 845. The minimum absolute atomic E-state index is 0.0623. The Kier molecular flexibility index (Phi) is 6.85. The van der Waals surface area contributed by atoms with Gasteiger partial charge in [0.2, 0.25) is 5.91 Å². The molecular weight excluding hydrogens is 370 g/mol. The Morgan fingerprint density at radius 2 is 1.90 bits per heavy atom. The van der Waals surface area contributed by atoms with E-state index in [4.69, 9.17) is 4.74 Å². The molecule has 2 amide bonds. The number of rotatable bonds is 7. The Balaban J connectivity index is 1.62. The highest BCUT2D eigenvalue weighted by molar-refractivity contribution is 5.97. The third-order valence-electron chi connectivity index (χ3n) is 5.19. The number of carbonyl (C=O) groups is 2. The molecule has 156 valence electrons. The van der Waals surface area contributed by atoms with Crippen molar-refractivity contribution >= 4 is 11.8 Å². The summed E-state index contributed by atoms with van der Waals surface area (Å²) in [5, 5.41) is 14.3. The van der Waals surface area contributed by atoms with E-state index >= 15 is 0 Å². The third kappa shape index (κ3) is 5.13. The number of carbonyl (C=O) groups excluding carboxylic acids is 2. The zero-order valence-electron chi connectivity index (χ0n) is 17.3. The molecule has 1 aliphatic heterocycles. The second-order valence-corrected chi connectivity index (χ2v) is 7.64. The summed E-state index contributed by atoms with van der Waals surface area (Å²) in [5.41, 5.74) is 0.479. The molecule has 0 saturated heterocycles. The number of fused-ring (bicyclic) bond motifs is 1. The number of ether oxygens (including phenoxy) is 1. The molecule has 0 saturated carbocycles. The summed E-state index contributed by atoms with van der Waals surface area (Å²) in [6.07, 6.45) is 4.32. The van der Waals surface area contributed by atoms with Crippen LogP contribution in [0.25, 0.3) is 0 Å². The van der Waals surface area contributed by atoms with Crippen LogP contribution >= 0.6 is 0 Å². The normalized spacial score (nSPS) is 14.6. The van der Waals surface area contributed by atoms with Crippen LogP contribution in [0.1, 0.15) is 55.1 Å². The fourth-order valence-corrected chi connectivity index (χ4v) is 3.45. The zero-order valence-corrected chi connectivity index (χ0v) is 17.3. The van der Waals surface area contributed by atoms with E-state index in [0.29, 0.717) is 17.9 Å². The van der Waals surface area contributed by atoms with Crippen molar-refractivity contribution in [1.82, 2.24) is 25.4 Å². The van der Waals surface area contributed by atoms with Crippen molar-refractivity contribution in [2.24, 2.45) is 5.92 Å². The standard InChI is InChI=1S/C21H29N5O3/c1-14(2)19(23-20(27)15-8-10-16(29-3)11-9-15)21(28)22-13-18-25-24-17-7-5-4-6-12-26(17)18/h8-11,14,19H,4-7,12-13H2,1-3H3,(H,22,28)(H,23,27)/t19-/m0/s1. The highest BCUT2D eigenvalue weighted by Gasteiger charge is 2.25. The van der Waals surface area contributed by atoms with E-state index in [1.165, 1.54) is 6.42 Å². The van der Waals surface area contributed by atoms with Crippen LogP contribution in [-0.2, 0) is 24.3 Å². The number of nitrogens with zero attached hydrogens (tertiary/aromatic N) is 3. The first kappa shape index (κ1) is 20.8. The molecule has 1 aliphatic rings. The minimum atomic E-state index is -0.642. The summed E-state index contributed by atoms with van der Waals surface area (Å²) in [7, 11) is 1.57. The van der Waals surface area contributed by atoms with Gasteiger partial charge in [0.05, 0.1) is 13.7 Å². The van der Waals surface area contributed by atoms with E-state index in [9.17, 15) is 9.59 Å². The Morgan fingerprint density at radius 3 is 2.59 bits per heavy atom. The maximum atomic E-state index is 12.8. The van der Waals surface area contributed by atoms with Gasteiger partial charge in [0.1, 0.15) is 17.6 Å². The predicted molar refractivity (Wildman–Crippen MR) is 109 cm³/mol. The molecule has 2 N–H and O–H groups in total. The molecule has 3 rings (SSSR count).